The Kier molecular flexibility index (Phi) is 20.1. The summed E-state index contributed by atoms with van der Waals surface area (Å²) in [6, 6.07) is 8.34. The van der Waals surface area contributed by atoms with Crippen LogP contribution in [0.15, 0.2) is 47.4 Å². The first kappa shape index (κ1) is 55.5. The molecule has 0 aliphatic carbocycles. The number of nitrogens with zero attached hydrogens (tertiary/aromatic N) is 1. The van der Waals surface area contributed by atoms with Gasteiger partial charge in [-0.1, -0.05) is 24.3 Å². The summed E-state index contributed by atoms with van der Waals surface area (Å²) < 4.78 is 25.5. The lowest BCUT2D eigenvalue weighted by Gasteiger charge is -2.32. The van der Waals surface area contributed by atoms with Gasteiger partial charge in [-0.05, 0) is 152 Å². The molecule has 378 valence electrons. The summed E-state index contributed by atoms with van der Waals surface area (Å²) >= 11 is 1.33. The van der Waals surface area contributed by atoms with Crippen LogP contribution in [0, 0.1) is 33.1 Å². The summed E-state index contributed by atoms with van der Waals surface area (Å²) in [5, 5.41) is 29.9. The average Bonchev–Trinajstić information content (AvgIpc) is 3.62. The number of guanidine groups is 1. The van der Waals surface area contributed by atoms with Gasteiger partial charge in [0.1, 0.15) is 40.8 Å². The van der Waals surface area contributed by atoms with Gasteiger partial charge in [0.25, 0.3) is 5.91 Å². The molecule has 1 heterocycles. The molecule has 3 unspecified atom stereocenters. The smallest absolute Gasteiger partial charge is 0.408 e. The van der Waals surface area contributed by atoms with Crippen LogP contribution in [0.5, 0.6) is 11.5 Å². The first-order valence-electron chi connectivity index (χ1n) is 23.1. The van der Waals surface area contributed by atoms with Gasteiger partial charge in [-0.25, -0.2) is 9.59 Å². The van der Waals surface area contributed by atoms with Gasteiger partial charge in [0.2, 0.25) is 11.8 Å². The van der Waals surface area contributed by atoms with E-state index in [9.17, 15) is 29.1 Å². The zero-order chi connectivity index (χ0) is 51.2. The summed E-state index contributed by atoms with van der Waals surface area (Å²) in [7, 11) is 2.92. The molecular weight excluding hydrogens is 905 g/mol. The van der Waals surface area contributed by atoms with Crippen LogP contribution in [0.25, 0.3) is 0 Å². The summed E-state index contributed by atoms with van der Waals surface area (Å²) in [5.74, 6) is -1.48. The van der Waals surface area contributed by atoms with Gasteiger partial charge in [0.15, 0.2) is 12.8 Å². The van der Waals surface area contributed by atoms with Crippen molar-refractivity contribution in [3.8, 4) is 11.5 Å². The Hall–Kier alpha value is -6.05. The fourth-order valence-corrected chi connectivity index (χ4v) is 8.74. The number of hydrogen-bond donors (Lipinski definition) is 8. The highest BCUT2D eigenvalue weighted by molar-refractivity contribution is 7.98. The van der Waals surface area contributed by atoms with Gasteiger partial charge < -0.3 is 56.0 Å². The molecule has 1 aliphatic rings. The summed E-state index contributed by atoms with van der Waals surface area (Å²) in [5.41, 5.74) is 11.6. The van der Waals surface area contributed by atoms with Crippen LogP contribution < -0.4 is 41.2 Å². The fourth-order valence-electron chi connectivity index (χ4n) is 7.88. The highest BCUT2D eigenvalue weighted by Crippen LogP contribution is 2.44. The lowest BCUT2D eigenvalue weighted by molar-refractivity contribution is -0.145. The number of methoxy groups -OCH3 is 1. The van der Waals surface area contributed by atoms with Crippen molar-refractivity contribution >= 4 is 47.7 Å². The number of aliphatic carboxylic acids is 1. The molecule has 0 spiro atoms. The Morgan fingerprint density at radius 1 is 0.913 bits per heavy atom. The minimum Gasteiger partial charge on any atom is -0.487 e. The molecule has 0 aromatic heterocycles. The molecule has 4 amide bonds. The van der Waals surface area contributed by atoms with Crippen molar-refractivity contribution in [2.45, 2.75) is 142 Å². The summed E-state index contributed by atoms with van der Waals surface area (Å²) in [4.78, 5) is 69.7. The molecule has 1 aliphatic heterocycles. The number of hydrogen-bond acceptors (Lipinski definition) is 12. The molecule has 0 bridgehead atoms. The molecule has 69 heavy (non-hydrogen) atoms. The number of carboxylic acid groups (broad SMARTS) is 1. The van der Waals surface area contributed by atoms with Gasteiger partial charge in [-0.3, -0.25) is 24.5 Å². The quantitative estimate of drug-likeness (QED) is 0.0186. The van der Waals surface area contributed by atoms with E-state index in [2.05, 4.69) is 46.8 Å². The van der Waals surface area contributed by atoms with E-state index in [0.29, 0.717) is 23.4 Å². The number of likely N-dealkylation sites (N-methyl/N-ethyl adjacent to an activating group) is 1. The summed E-state index contributed by atoms with van der Waals surface area (Å²) in [6.45, 7) is 17.9. The number of benzene rings is 3. The maximum atomic E-state index is 14.5. The standard InChI is InChI=1S/C50H72N8O10S/c1-29-24-34(18-21-40(29)66-28-65-11)25-38(56-48(64)68-49(5,6)7)45(61)58(10)39(15-13-22-53-43(59)35-19-16-33(27-51)17-20-35)44(60)55-37(46(62)63)14-12-23-54-47(52)57-69-42-31(3)30(2)41-36(32(42)4)26-50(8,9)67-41/h16-21,24,37-39H,12-15,22-23,25-28,51H2,1-11H3,(H,53,59)(H,55,60)(H,56,64)(H,62,63)(H3,52,54,57). The first-order valence-corrected chi connectivity index (χ1v) is 23.9. The molecule has 19 heteroatoms. The topological polar surface area (TPSA) is 256 Å². The van der Waals surface area contributed by atoms with Crippen molar-refractivity contribution in [1.82, 2.24) is 30.9 Å². The molecule has 18 nitrogen and oxygen atoms in total. The summed E-state index contributed by atoms with van der Waals surface area (Å²) in [6.07, 6.45) is 0.451. The van der Waals surface area contributed by atoms with E-state index in [1.165, 1.54) is 31.0 Å². The highest BCUT2D eigenvalue weighted by Gasteiger charge is 2.36. The van der Waals surface area contributed by atoms with Crippen LogP contribution >= 0.6 is 11.9 Å². The Bertz CT molecular complexity index is 2320. The van der Waals surface area contributed by atoms with E-state index < -0.39 is 47.6 Å². The third-order valence-electron chi connectivity index (χ3n) is 11.6. The monoisotopic (exact) mass is 977 g/mol. The molecular formula is C50H72N8O10S. The highest BCUT2D eigenvalue weighted by atomic mass is 32.2. The van der Waals surface area contributed by atoms with Crippen molar-refractivity contribution < 1.29 is 48.0 Å². The van der Waals surface area contributed by atoms with Gasteiger partial charge >= 0.3 is 12.1 Å². The number of rotatable bonds is 23. The Balaban J connectivity index is 1.47. The largest absolute Gasteiger partial charge is 0.487 e. The van der Waals surface area contributed by atoms with Crippen molar-refractivity contribution in [3.05, 3.63) is 87.0 Å². The molecule has 0 saturated heterocycles. The second-order valence-corrected chi connectivity index (χ2v) is 19.7. The molecule has 0 radical (unpaired) electrons. The molecule has 0 saturated carbocycles. The van der Waals surface area contributed by atoms with E-state index in [1.54, 1.807) is 57.2 Å². The van der Waals surface area contributed by atoms with Crippen LogP contribution in [0.2, 0.25) is 0 Å². The van der Waals surface area contributed by atoms with Crippen LogP contribution in [-0.2, 0) is 43.2 Å². The lowest BCUT2D eigenvalue weighted by Crippen LogP contribution is -2.57. The van der Waals surface area contributed by atoms with Gasteiger partial charge in [0.05, 0.1) is 0 Å². The minimum absolute atomic E-state index is 0.00215. The number of carbonyl (C=O) groups is 5. The van der Waals surface area contributed by atoms with Crippen molar-refractivity contribution in [1.29, 1.82) is 5.41 Å². The second kappa shape index (κ2) is 25.0. The third kappa shape index (κ3) is 16.3. The number of nitrogens with one attached hydrogen (secondary N) is 6. The number of fused-ring (bicyclic) bond motifs is 1. The van der Waals surface area contributed by atoms with Crippen LogP contribution in [-0.4, -0.2) is 109 Å². The Morgan fingerprint density at radius 3 is 2.19 bits per heavy atom. The van der Waals surface area contributed by atoms with Crippen LogP contribution in [0.1, 0.15) is 110 Å². The SMILES string of the molecule is COCOc1ccc(CC(NC(=O)OC(C)(C)C)C(=O)N(C)C(CCCNC(=O)c2ccc(CN)cc2)C(=O)NC(CCCNC(=N)NSc2c(C)c(C)c3c(c2C)CC(C)(C)O3)C(=O)O)cc1C. The normalized spacial score (nSPS) is 14.0. The third-order valence-corrected chi connectivity index (χ3v) is 12.8. The average molecular weight is 977 g/mol. The number of aryl methyl sites for hydroxylation is 1. The first-order chi connectivity index (χ1) is 32.4. The number of alkyl carbamates (subject to hydrolysis) is 1. The molecule has 3 atom stereocenters. The zero-order valence-electron chi connectivity index (χ0n) is 41.9. The van der Waals surface area contributed by atoms with E-state index in [1.807, 2.05) is 26.8 Å². The van der Waals surface area contributed by atoms with Gasteiger partial charge in [-0.2, -0.15) is 0 Å². The minimum atomic E-state index is -1.35. The van der Waals surface area contributed by atoms with Crippen LogP contribution in [0.3, 0.4) is 0 Å². The van der Waals surface area contributed by atoms with E-state index in [0.717, 1.165) is 50.4 Å². The van der Waals surface area contributed by atoms with Gasteiger partial charge in [0, 0.05) is 62.7 Å². The molecule has 9 N–H and O–H groups in total. The molecule has 3 aromatic rings. The maximum Gasteiger partial charge on any atom is 0.408 e. The van der Waals surface area contributed by atoms with Crippen LogP contribution in [0.4, 0.5) is 4.79 Å². The van der Waals surface area contributed by atoms with E-state index >= 15 is 0 Å². The number of carbonyl (C=O) groups excluding carboxylic acids is 4. The maximum absolute atomic E-state index is 14.5. The van der Waals surface area contributed by atoms with Crippen molar-refractivity contribution in [2.24, 2.45) is 5.73 Å². The Morgan fingerprint density at radius 2 is 1.57 bits per heavy atom. The van der Waals surface area contributed by atoms with E-state index in [4.69, 9.17) is 30.1 Å². The number of ether oxygens (including phenoxy) is 4. The fraction of sp³-hybridized carbons (Fsp3) is 0.520. The predicted molar refractivity (Wildman–Crippen MR) is 266 cm³/mol. The second-order valence-electron chi connectivity index (χ2n) is 18.9. The predicted octanol–water partition coefficient (Wildman–Crippen LogP) is 5.72. The van der Waals surface area contributed by atoms with Crippen molar-refractivity contribution in [2.75, 3.05) is 34.0 Å². The van der Waals surface area contributed by atoms with Crippen molar-refractivity contribution in [3.63, 3.8) is 0 Å². The molecule has 0 fully saturated rings. The number of carboxylic acids is 1. The van der Waals surface area contributed by atoms with Gasteiger partial charge in [-0.15, -0.1) is 0 Å². The Labute approximate surface area is 410 Å². The van der Waals surface area contributed by atoms with E-state index in [-0.39, 0.29) is 69.5 Å². The number of amides is 4. The molecule has 4 rings (SSSR count). The number of nitrogens with two attached hydrogens (primary N) is 1. The molecule has 3 aromatic carbocycles. The lowest BCUT2D eigenvalue weighted by atomic mass is 9.94. The zero-order valence-corrected chi connectivity index (χ0v) is 42.7.